The third-order valence-electron chi connectivity index (χ3n) is 2.81. The predicted octanol–water partition coefficient (Wildman–Crippen LogP) is 3.20. The molecule has 1 aliphatic heterocycles. The topological polar surface area (TPSA) is 62.7 Å². The SMILES string of the molecule is COC(=O)Nc1ccc(NC2=NCCC2)c(C)c1.Cl. The number of ether oxygens (including phenoxy) is 1. The van der Waals surface area contributed by atoms with E-state index < -0.39 is 6.09 Å². The molecule has 1 aromatic rings. The Hall–Kier alpha value is -1.75. The lowest BCUT2D eigenvalue weighted by Crippen LogP contribution is -2.12. The third kappa shape index (κ3) is 4.13. The molecule has 2 rings (SSSR count). The number of aryl methyl sites for hydroxylation is 1. The van der Waals surface area contributed by atoms with E-state index in [1.54, 1.807) is 0 Å². The first-order valence-corrected chi connectivity index (χ1v) is 5.95. The largest absolute Gasteiger partial charge is 0.453 e. The van der Waals surface area contributed by atoms with E-state index in [1.165, 1.54) is 7.11 Å². The van der Waals surface area contributed by atoms with Gasteiger partial charge < -0.3 is 10.1 Å². The van der Waals surface area contributed by atoms with Gasteiger partial charge >= 0.3 is 6.09 Å². The van der Waals surface area contributed by atoms with Crippen LogP contribution in [-0.4, -0.2) is 25.6 Å². The summed E-state index contributed by atoms with van der Waals surface area (Å²) in [5.74, 6) is 1.03. The number of amides is 1. The average Bonchev–Trinajstić information content (AvgIpc) is 2.85. The lowest BCUT2D eigenvalue weighted by Gasteiger charge is -2.11. The van der Waals surface area contributed by atoms with Crippen molar-refractivity contribution in [2.24, 2.45) is 4.99 Å². The van der Waals surface area contributed by atoms with E-state index in [0.717, 1.165) is 42.2 Å². The minimum atomic E-state index is -0.463. The minimum absolute atomic E-state index is 0. The van der Waals surface area contributed by atoms with Gasteiger partial charge in [0.25, 0.3) is 0 Å². The number of carbonyl (C=O) groups is 1. The van der Waals surface area contributed by atoms with Gasteiger partial charge in [0.05, 0.1) is 7.11 Å². The fourth-order valence-electron chi connectivity index (χ4n) is 1.85. The summed E-state index contributed by atoms with van der Waals surface area (Å²) in [5.41, 5.74) is 2.79. The lowest BCUT2D eigenvalue weighted by atomic mass is 10.1. The maximum absolute atomic E-state index is 11.1. The summed E-state index contributed by atoms with van der Waals surface area (Å²) in [6.07, 6.45) is 1.65. The van der Waals surface area contributed by atoms with Crippen LogP contribution in [0.5, 0.6) is 0 Å². The zero-order chi connectivity index (χ0) is 13.0. The highest BCUT2D eigenvalue weighted by atomic mass is 35.5. The summed E-state index contributed by atoms with van der Waals surface area (Å²) in [6, 6.07) is 5.66. The molecular weight excluding hydrogens is 266 g/mol. The van der Waals surface area contributed by atoms with Crippen molar-refractivity contribution in [1.82, 2.24) is 0 Å². The van der Waals surface area contributed by atoms with Gasteiger partial charge in [0.15, 0.2) is 0 Å². The molecular formula is C13H18ClN3O2. The van der Waals surface area contributed by atoms with Gasteiger partial charge in [-0.15, -0.1) is 12.4 Å². The smallest absolute Gasteiger partial charge is 0.411 e. The normalized spacial score (nSPS) is 13.3. The third-order valence-corrected chi connectivity index (χ3v) is 2.81. The van der Waals surface area contributed by atoms with Crippen LogP contribution in [0.4, 0.5) is 16.2 Å². The van der Waals surface area contributed by atoms with Gasteiger partial charge in [-0.1, -0.05) is 0 Å². The molecule has 0 radical (unpaired) electrons. The van der Waals surface area contributed by atoms with Crippen LogP contribution >= 0.6 is 12.4 Å². The van der Waals surface area contributed by atoms with Crippen molar-refractivity contribution in [1.29, 1.82) is 0 Å². The number of nitrogens with zero attached hydrogens (tertiary/aromatic N) is 1. The number of rotatable bonds is 2. The van der Waals surface area contributed by atoms with Crippen molar-refractivity contribution < 1.29 is 9.53 Å². The van der Waals surface area contributed by atoms with E-state index in [0.29, 0.717) is 0 Å². The molecule has 5 nitrogen and oxygen atoms in total. The van der Waals surface area contributed by atoms with Crippen LogP contribution in [0.15, 0.2) is 23.2 Å². The van der Waals surface area contributed by atoms with Gasteiger partial charge in [-0.05, 0) is 37.1 Å². The molecule has 1 amide bonds. The predicted molar refractivity (Wildman–Crippen MR) is 79.6 cm³/mol. The number of anilines is 2. The highest BCUT2D eigenvalue weighted by molar-refractivity contribution is 5.97. The first-order chi connectivity index (χ1) is 8.69. The highest BCUT2D eigenvalue weighted by Gasteiger charge is 2.08. The van der Waals surface area contributed by atoms with E-state index in [9.17, 15) is 4.79 Å². The van der Waals surface area contributed by atoms with Gasteiger partial charge in [0, 0.05) is 24.3 Å². The Morgan fingerprint density at radius 3 is 2.79 bits per heavy atom. The number of nitrogens with one attached hydrogen (secondary N) is 2. The van der Waals surface area contributed by atoms with Gasteiger partial charge in [0.1, 0.15) is 5.84 Å². The molecule has 0 unspecified atom stereocenters. The molecule has 0 spiro atoms. The van der Waals surface area contributed by atoms with Crippen molar-refractivity contribution in [3.63, 3.8) is 0 Å². The molecule has 1 aliphatic rings. The van der Waals surface area contributed by atoms with E-state index in [-0.39, 0.29) is 12.4 Å². The molecule has 1 heterocycles. The molecule has 1 aromatic carbocycles. The van der Waals surface area contributed by atoms with Gasteiger partial charge in [-0.25, -0.2) is 4.79 Å². The van der Waals surface area contributed by atoms with Crippen molar-refractivity contribution in [3.8, 4) is 0 Å². The quantitative estimate of drug-likeness (QED) is 0.876. The minimum Gasteiger partial charge on any atom is -0.453 e. The molecule has 0 aromatic heterocycles. The molecule has 0 fully saturated rings. The second-order valence-corrected chi connectivity index (χ2v) is 4.20. The Kier molecular flexibility index (Phi) is 5.63. The molecule has 0 saturated heterocycles. The Labute approximate surface area is 118 Å². The molecule has 2 N–H and O–H groups in total. The molecule has 104 valence electrons. The summed E-state index contributed by atoms with van der Waals surface area (Å²) in [7, 11) is 1.34. The number of aliphatic imine (C=N–C) groups is 1. The molecule has 6 heteroatoms. The summed E-state index contributed by atoms with van der Waals surface area (Å²) in [6.45, 7) is 2.89. The van der Waals surface area contributed by atoms with Crippen LogP contribution in [-0.2, 0) is 4.74 Å². The van der Waals surface area contributed by atoms with Gasteiger partial charge in [-0.2, -0.15) is 0 Å². The van der Waals surface area contributed by atoms with E-state index in [1.807, 2.05) is 25.1 Å². The zero-order valence-corrected chi connectivity index (χ0v) is 11.8. The van der Waals surface area contributed by atoms with Crippen LogP contribution in [0, 0.1) is 6.92 Å². The zero-order valence-electron chi connectivity index (χ0n) is 11.0. The second-order valence-electron chi connectivity index (χ2n) is 4.20. The number of carbonyl (C=O) groups excluding carboxylic acids is 1. The summed E-state index contributed by atoms with van der Waals surface area (Å²) in [4.78, 5) is 15.5. The fraction of sp³-hybridized carbons (Fsp3) is 0.385. The summed E-state index contributed by atoms with van der Waals surface area (Å²) in [5, 5.41) is 5.94. The Morgan fingerprint density at radius 1 is 1.42 bits per heavy atom. The number of methoxy groups -OCH3 is 1. The molecule has 0 aliphatic carbocycles. The number of benzene rings is 1. The number of amidine groups is 1. The van der Waals surface area contributed by atoms with Crippen molar-refractivity contribution >= 4 is 35.7 Å². The van der Waals surface area contributed by atoms with E-state index in [2.05, 4.69) is 20.4 Å². The maximum atomic E-state index is 11.1. The van der Waals surface area contributed by atoms with Crippen LogP contribution < -0.4 is 10.6 Å². The van der Waals surface area contributed by atoms with Crippen LogP contribution in [0.1, 0.15) is 18.4 Å². The first-order valence-electron chi connectivity index (χ1n) is 5.95. The van der Waals surface area contributed by atoms with Gasteiger partial charge in [-0.3, -0.25) is 10.3 Å². The fourth-order valence-corrected chi connectivity index (χ4v) is 1.85. The highest BCUT2D eigenvalue weighted by Crippen LogP contribution is 2.21. The van der Waals surface area contributed by atoms with E-state index in [4.69, 9.17) is 0 Å². The number of halogens is 1. The Morgan fingerprint density at radius 2 is 2.21 bits per heavy atom. The van der Waals surface area contributed by atoms with Crippen molar-refractivity contribution in [2.75, 3.05) is 24.3 Å². The van der Waals surface area contributed by atoms with Crippen molar-refractivity contribution in [2.45, 2.75) is 19.8 Å². The molecule has 0 bridgehead atoms. The number of hydrogen-bond acceptors (Lipinski definition) is 4. The molecule has 0 saturated carbocycles. The van der Waals surface area contributed by atoms with Crippen LogP contribution in [0.2, 0.25) is 0 Å². The second kappa shape index (κ2) is 6.99. The summed E-state index contributed by atoms with van der Waals surface area (Å²) < 4.78 is 4.55. The van der Waals surface area contributed by atoms with Gasteiger partial charge in [0.2, 0.25) is 0 Å². The van der Waals surface area contributed by atoms with E-state index >= 15 is 0 Å². The van der Waals surface area contributed by atoms with Crippen LogP contribution in [0.3, 0.4) is 0 Å². The first kappa shape index (κ1) is 15.3. The monoisotopic (exact) mass is 283 g/mol. The molecule has 0 atom stereocenters. The number of hydrogen-bond donors (Lipinski definition) is 2. The Bertz CT molecular complexity index is 489. The van der Waals surface area contributed by atoms with Crippen molar-refractivity contribution in [3.05, 3.63) is 23.8 Å². The average molecular weight is 284 g/mol. The standard InChI is InChI=1S/C13H17N3O2.ClH/c1-9-8-10(15-13(17)18-2)5-6-11(9)16-12-4-3-7-14-12;/h5-6,8H,3-4,7H2,1-2H3,(H,14,16)(H,15,17);1H. The maximum Gasteiger partial charge on any atom is 0.411 e. The lowest BCUT2D eigenvalue weighted by molar-refractivity contribution is 0.187. The van der Waals surface area contributed by atoms with Crippen LogP contribution in [0.25, 0.3) is 0 Å². The molecule has 19 heavy (non-hydrogen) atoms. The summed E-state index contributed by atoms with van der Waals surface area (Å²) >= 11 is 0. The Balaban J connectivity index is 0.00000180.